The number of nitrogens with zero attached hydrogens (tertiary/aromatic N) is 3. The van der Waals surface area contributed by atoms with E-state index in [9.17, 15) is 9.59 Å². The summed E-state index contributed by atoms with van der Waals surface area (Å²) in [7, 11) is 0. The van der Waals surface area contributed by atoms with Gasteiger partial charge in [-0.05, 0) is 25.3 Å². The van der Waals surface area contributed by atoms with E-state index in [0.29, 0.717) is 21.6 Å². The standard InChI is InChI=1S/C14H13N3O3S3/c1-3-20-12(19)11-8(2)17-13(15-16-14(17)23-11)22-7-9(18)10-5-4-6-21-10/h4-6H,3,7H2,1-2H3. The molecule has 3 heterocycles. The second-order valence-corrected chi connectivity index (χ2v) is 7.39. The molecule has 23 heavy (non-hydrogen) atoms. The van der Waals surface area contributed by atoms with Gasteiger partial charge in [0.25, 0.3) is 0 Å². The zero-order valence-electron chi connectivity index (χ0n) is 12.4. The molecule has 0 amide bonds. The van der Waals surface area contributed by atoms with Crippen LogP contribution in [-0.2, 0) is 4.74 Å². The van der Waals surface area contributed by atoms with Crippen LogP contribution < -0.4 is 0 Å². The van der Waals surface area contributed by atoms with E-state index in [2.05, 4.69) is 10.2 Å². The van der Waals surface area contributed by atoms with Crippen molar-refractivity contribution in [3.8, 4) is 0 Å². The summed E-state index contributed by atoms with van der Waals surface area (Å²) in [6.07, 6.45) is 0. The highest BCUT2D eigenvalue weighted by atomic mass is 32.2. The number of Topliss-reactive ketones (excluding diaryl/α,β-unsaturated/α-hetero) is 1. The van der Waals surface area contributed by atoms with E-state index in [4.69, 9.17) is 4.74 Å². The number of ketones is 1. The van der Waals surface area contributed by atoms with Crippen molar-refractivity contribution in [2.45, 2.75) is 19.0 Å². The first-order valence-electron chi connectivity index (χ1n) is 6.83. The smallest absolute Gasteiger partial charge is 0.350 e. The molecule has 0 fully saturated rings. The zero-order chi connectivity index (χ0) is 16.4. The van der Waals surface area contributed by atoms with Gasteiger partial charge < -0.3 is 4.74 Å². The number of carbonyl (C=O) groups excluding carboxylic acids is 2. The number of ether oxygens (including phenoxy) is 1. The van der Waals surface area contributed by atoms with Crippen LogP contribution in [0.2, 0.25) is 0 Å². The van der Waals surface area contributed by atoms with Gasteiger partial charge in [-0.1, -0.05) is 29.2 Å². The van der Waals surface area contributed by atoms with Gasteiger partial charge in [0.05, 0.1) is 17.2 Å². The Bertz CT molecular complexity index is 851. The monoisotopic (exact) mass is 367 g/mol. The van der Waals surface area contributed by atoms with Gasteiger partial charge >= 0.3 is 5.97 Å². The van der Waals surface area contributed by atoms with Crippen molar-refractivity contribution in [3.05, 3.63) is 33.0 Å². The molecule has 3 aromatic rings. The molecular formula is C14H13N3O3S3. The Hall–Kier alpha value is -1.71. The van der Waals surface area contributed by atoms with E-state index in [0.717, 1.165) is 10.6 Å². The van der Waals surface area contributed by atoms with E-state index in [-0.39, 0.29) is 17.5 Å². The lowest BCUT2D eigenvalue weighted by molar-refractivity contribution is 0.0530. The molecule has 0 atom stereocenters. The van der Waals surface area contributed by atoms with Gasteiger partial charge in [0.1, 0.15) is 4.88 Å². The molecule has 3 rings (SSSR count). The number of thioether (sulfide) groups is 1. The summed E-state index contributed by atoms with van der Waals surface area (Å²) in [5.74, 6) is -0.0166. The highest BCUT2D eigenvalue weighted by Gasteiger charge is 2.21. The minimum absolute atomic E-state index is 0.0558. The molecular weight excluding hydrogens is 354 g/mol. The lowest BCUT2D eigenvalue weighted by atomic mass is 10.4. The van der Waals surface area contributed by atoms with Gasteiger partial charge in [-0.2, -0.15) is 0 Å². The number of thiazole rings is 1. The number of hydrogen-bond acceptors (Lipinski definition) is 8. The highest BCUT2D eigenvalue weighted by molar-refractivity contribution is 7.99. The van der Waals surface area contributed by atoms with Crippen LogP contribution in [0.25, 0.3) is 4.96 Å². The van der Waals surface area contributed by atoms with Gasteiger partial charge in [-0.25, -0.2) is 4.79 Å². The number of rotatable bonds is 6. The second-order valence-electron chi connectivity index (χ2n) is 4.53. The molecule has 0 saturated heterocycles. The average molecular weight is 367 g/mol. The van der Waals surface area contributed by atoms with Crippen molar-refractivity contribution in [2.75, 3.05) is 12.4 Å². The van der Waals surface area contributed by atoms with Gasteiger partial charge in [0.15, 0.2) is 10.9 Å². The first-order chi connectivity index (χ1) is 11.1. The first kappa shape index (κ1) is 16.2. The van der Waals surface area contributed by atoms with Crippen LogP contribution in [0, 0.1) is 6.92 Å². The predicted octanol–water partition coefficient (Wildman–Crippen LogP) is 3.31. The molecule has 3 aromatic heterocycles. The molecule has 0 bridgehead atoms. The van der Waals surface area contributed by atoms with E-state index < -0.39 is 0 Å². The normalized spacial score (nSPS) is 11.0. The lowest BCUT2D eigenvalue weighted by Gasteiger charge is -2.01. The molecule has 6 nitrogen and oxygen atoms in total. The average Bonchev–Trinajstić information content (AvgIpc) is 3.23. The van der Waals surface area contributed by atoms with Crippen molar-refractivity contribution in [1.82, 2.24) is 14.6 Å². The van der Waals surface area contributed by atoms with Crippen molar-refractivity contribution < 1.29 is 14.3 Å². The summed E-state index contributed by atoms with van der Waals surface area (Å²) in [4.78, 5) is 25.9. The molecule has 120 valence electrons. The minimum atomic E-state index is -0.355. The van der Waals surface area contributed by atoms with Crippen LogP contribution in [0.5, 0.6) is 0 Å². The number of thiophene rings is 1. The fourth-order valence-electron chi connectivity index (χ4n) is 1.99. The minimum Gasteiger partial charge on any atom is -0.462 e. The van der Waals surface area contributed by atoms with E-state index in [1.807, 2.05) is 24.4 Å². The Morgan fingerprint density at radius 1 is 1.39 bits per heavy atom. The summed E-state index contributed by atoms with van der Waals surface area (Å²) in [5.41, 5.74) is 0.736. The second kappa shape index (κ2) is 6.81. The van der Waals surface area contributed by atoms with E-state index >= 15 is 0 Å². The van der Waals surface area contributed by atoms with E-state index in [1.54, 1.807) is 11.3 Å². The van der Waals surface area contributed by atoms with Crippen LogP contribution in [0.1, 0.15) is 32.0 Å². The summed E-state index contributed by atoms with van der Waals surface area (Å²) in [6, 6.07) is 3.66. The zero-order valence-corrected chi connectivity index (χ0v) is 14.9. The quantitative estimate of drug-likeness (QED) is 0.378. The summed E-state index contributed by atoms with van der Waals surface area (Å²) in [5, 5.41) is 10.7. The third-order valence-corrected chi connectivity index (χ3v) is 6.00. The fourth-order valence-corrected chi connectivity index (χ4v) is 4.63. The first-order valence-corrected chi connectivity index (χ1v) is 9.51. The van der Waals surface area contributed by atoms with Crippen LogP contribution in [0.4, 0.5) is 0 Å². The highest BCUT2D eigenvalue weighted by Crippen LogP contribution is 2.28. The summed E-state index contributed by atoms with van der Waals surface area (Å²) >= 11 is 3.98. The number of carbonyl (C=O) groups is 2. The van der Waals surface area contributed by atoms with Gasteiger partial charge in [-0.15, -0.1) is 21.5 Å². The molecule has 0 aliphatic rings. The van der Waals surface area contributed by atoms with Crippen LogP contribution in [0.15, 0.2) is 22.7 Å². The molecule has 0 aliphatic carbocycles. The third-order valence-electron chi connectivity index (χ3n) is 3.05. The number of aromatic nitrogens is 3. The van der Waals surface area contributed by atoms with Crippen molar-refractivity contribution in [2.24, 2.45) is 0 Å². The molecule has 0 N–H and O–H groups in total. The molecule has 0 unspecified atom stereocenters. The van der Waals surface area contributed by atoms with Gasteiger partial charge in [0.2, 0.25) is 4.96 Å². The van der Waals surface area contributed by atoms with Crippen LogP contribution >= 0.6 is 34.4 Å². The topological polar surface area (TPSA) is 73.6 Å². The third kappa shape index (κ3) is 3.17. The molecule has 0 saturated carbocycles. The largest absolute Gasteiger partial charge is 0.462 e. The van der Waals surface area contributed by atoms with E-state index in [1.165, 1.54) is 34.4 Å². The predicted molar refractivity (Wildman–Crippen MR) is 90.9 cm³/mol. The Morgan fingerprint density at radius 3 is 2.91 bits per heavy atom. The maximum Gasteiger partial charge on any atom is 0.350 e. The van der Waals surface area contributed by atoms with Gasteiger partial charge in [-0.3, -0.25) is 9.20 Å². The number of aryl methyl sites for hydroxylation is 1. The summed E-state index contributed by atoms with van der Waals surface area (Å²) < 4.78 is 6.84. The fraction of sp³-hybridized carbons (Fsp3) is 0.286. The molecule has 0 spiro atoms. The van der Waals surface area contributed by atoms with Crippen molar-refractivity contribution in [1.29, 1.82) is 0 Å². The Balaban J connectivity index is 1.81. The number of hydrogen-bond donors (Lipinski definition) is 0. The molecule has 9 heteroatoms. The number of esters is 1. The summed E-state index contributed by atoms with van der Waals surface area (Å²) in [6.45, 7) is 3.92. The van der Waals surface area contributed by atoms with Crippen LogP contribution in [0.3, 0.4) is 0 Å². The maximum absolute atomic E-state index is 12.1. The molecule has 0 radical (unpaired) electrons. The SMILES string of the molecule is CCOC(=O)c1sc2nnc(SCC(=O)c3cccs3)n2c1C. The molecule has 0 aliphatic heterocycles. The number of fused-ring (bicyclic) bond motifs is 1. The Kier molecular flexibility index (Phi) is 4.79. The van der Waals surface area contributed by atoms with Crippen molar-refractivity contribution in [3.63, 3.8) is 0 Å². The Morgan fingerprint density at radius 2 is 2.22 bits per heavy atom. The lowest BCUT2D eigenvalue weighted by Crippen LogP contribution is -2.05. The maximum atomic E-state index is 12.1. The van der Waals surface area contributed by atoms with Crippen LogP contribution in [-0.4, -0.2) is 38.7 Å². The van der Waals surface area contributed by atoms with Crippen molar-refractivity contribution >= 4 is 51.1 Å². The Labute approximate surface area is 144 Å². The molecule has 0 aromatic carbocycles. The van der Waals surface area contributed by atoms with Gasteiger partial charge in [0, 0.05) is 5.69 Å².